The molecule has 2 unspecified atom stereocenters. The Morgan fingerprint density at radius 1 is 1.24 bits per heavy atom. The van der Waals surface area contributed by atoms with Gasteiger partial charge in [0.15, 0.2) is 0 Å². The van der Waals surface area contributed by atoms with Crippen molar-refractivity contribution >= 4 is 5.69 Å². The summed E-state index contributed by atoms with van der Waals surface area (Å²) in [6.07, 6.45) is 2.48. The SMILES string of the molecule is CN1C2CC1CN(CCc1ccccc1N)C2. The van der Waals surface area contributed by atoms with E-state index in [0.29, 0.717) is 0 Å². The minimum Gasteiger partial charge on any atom is -0.399 e. The van der Waals surface area contributed by atoms with Crippen LogP contribution in [0.1, 0.15) is 12.0 Å². The van der Waals surface area contributed by atoms with Gasteiger partial charge in [-0.3, -0.25) is 9.80 Å². The van der Waals surface area contributed by atoms with Crippen molar-refractivity contribution in [2.75, 3.05) is 32.4 Å². The van der Waals surface area contributed by atoms with Crippen molar-refractivity contribution < 1.29 is 0 Å². The zero-order valence-electron chi connectivity index (χ0n) is 10.5. The van der Waals surface area contributed by atoms with Crippen LogP contribution >= 0.6 is 0 Å². The minimum absolute atomic E-state index is 0.807. The van der Waals surface area contributed by atoms with Gasteiger partial charge in [0.1, 0.15) is 0 Å². The Morgan fingerprint density at radius 2 is 1.94 bits per heavy atom. The molecule has 17 heavy (non-hydrogen) atoms. The van der Waals surface area contributed by atoms with Gasteiger partial charge in [0.05, 0.1) is 0 Å². The molecule has 3 nitrogen and oxygen atoms in total. The Morgan fingerprint density at radius 3 is 2.59 bits per heavy atom. The second-order valence-corrected chi connectivity index (χ2v) is 5.42. The Kier molecular flexibility index (Phi) is 2.81. The van der Waals surface area contributed by atoms with Gasteiger partial charge >= 0.3 is 0 Å². The van der Waals surface area contributed by atoms with E-state index in [9.17, 15) is 0 Å². The Bertz CT molecular complexity index is 392. The molecule has 3 saturated heterocycles. The lowest BCUT2D eigenvalue weighted by Gasteiger charge is -2.55. The first-order valence-corrected chi connectivity index (χ1v) is 6.51. The normalized spacial score (nSPS) is 29.0. The number of piperidine rings is 1. The molecule has 0 aliphatic carbocycles. The number of hydrogen-bond acceptors (Lipinski definition) is 3. The fourth-order valence-corrected chi connectivity index (χ4v) is 3.11. The maximum atomic E-state index is 5.97. The average molecular weight is 231 g/mol. The van der Waals surface area contributed by atoms with E-state index in [1.807, 2.05) is 12.1 Å². The number of nitrogens with zero attached hydrogens (tertiary/aromatic N) is 2. The third-order valence-corrected chi connectivity index (χ3v) is 4.39. The third kappa shape index (κ3) is 2.05. The van der Waals surface area contributed by atoms with E-state index in [0.717, 1.165) is 30.7 Å². The van der Waals surface area contributed by atoms with E-state index >= 15 is 0 Å². The molecular weight excluding hydrogens is 210 g/mol. The van der Waals surface area contributed by atoms with Crippen LogP contribution in [-0.2, 0) is 6.42 Å². The van der Waals surface area contributed by atoms with Crippen LogP contribution in [0.25, 0.3) is 0 Å². The summed E-state index contributed by atoms with van der Waals surface area (Å²) in [6, 6.07) is 9.84. The summed E-state index contributed by atoms with van der Waals surface area (Å²) < 4.78 is 0. The number of para-hydroxylation sites is 1. The number of rotatable bonds is 3. The van der Waals surface area contributed by atoms with Gasteiger partial charge in [-0.25, -0.2) is 0 Å². The zero-order valence-corrected chi connectivity index (χ0v) is 10.5. The number of nitrogens with two attached hydrogens (primary N) is 1. The second kappa shape index (κ2) is 4.31. The van der Waals surface area contributed by atoms with Crippen molar-refractivity contribution in [1.29, 1.82) is 0 Å². The van der Waals surface area contributed by atoms with Crippen molar-refractivity contribution in [2.24, 2.45) is 0 Å². The first-order valence-electron chi connectivity index (χ1n) is 6.51. The van der Waals surface area contributed by atoms with Gasteiger partial charge in [-0.1, -0.05) is 18.2 Å². The topological polar surface area (TPSA) is 32.5 Å². The molecule has 0 spiro atoms. The summed E-state index contributed by atoms with van der Waals surface area (Å²) in [4.78, 5) is 5.11. The van der Waals surface area contributed by atoms with Crippen LogP contribution in [-0.4, -0.2) is 48.6 Å². The lowest BCUT2D eigenvalue weighted by molar-refractivity contribution is -0.0497. The highest BCUT2D eigenvalue weighted by Crippen LogP contribution is 2.30. The van der Waals surface area contributed by atoms with E-state index < -0.39 is 0 Å². The van der Waals surface area contributed by atoms with Gasteiger partial charge in [-0.05, 0) is 31.5 Å². The monoisotopic (exact) mass is 231 g/mol. The molecule has 2 N–H and O–H groups in total. The largest absolute Gasteiger partial charge is 0.399 e. The smallest absolute Gasteiger partial charge is 0.0347 e. The highest BCUT2D eigenvalue weighted by molar-refractivity contribution is 5.46. The van der Waals surface area contributed by atoms with Gasteiger partial charge in [0.2, 0.25) is 0 Å². The predicted octanol–water partition coefficient (Wildman–Crippen LogP) is 1.20. The first-order chi connectivity index (χ1) is 8.24. The maximum absolute atomic E-state index is 5.97. The Hall–Kier alpha value is -1.06. The number of nitrogen functional groups attached to an aromatic ring is 1. The van der Waals surface area contributed by atoms with Crippen LogP contribution in [0, 0.1) is 0 Å². The van der Waals surface area contributed by atoms with Crippen LogP contribution in [0.4, 0.5) is 5.69 Å². The number of likely N-dealkylation sites (N-methyl/N-ethyl adjacent to an activating group) is 1. The van der Waals surface area contributed by atoms with Crippen molar-refractivity contribution in [1.82, 2.24) is 9.80 Å². The molecule has 2 bridgehead atoms. The van der Waals surface area contributed by atoms with Gasteiger partial charge in [-0.15, -0.1) is 0 Å². The molecule has 0 aromatic heterocycles. The summed E-state index contributed by atoms with van der Waals surface area (Å²) in [5, 5.41) is 0. The van der Waals surface area contributed by atoms with Crippen LogP contribution < -0.4 is 5.73 Å². The first kappa shape index (κ1) is 11.1. The van der Waals surface area contributed by atoms with Crippen molar-refractivity contribution in [3.63, 3.8) is 0 Å². The van der Waals surface area contributed by atoms with Crippen LogP contribution in [0.2, 0.25) is 0 Å². The molecule has 3 aliphatic rings. The van der Waals surface area contributed by atoms with E-state index in [1.54, 1.807) is 0 Å². The molecule has 92 valence electrons. The van der Waals surface area contributed by atoms with Crippen LogP contribution in [0.5, 0.6) is 0 Å². The molecule has 0 amide bonds. The quantitative estimate of drug-likeness (QED) is 0.793. The second-order valence-electron chi connectivity index (χ2n) is 5.42. The van der Waals surface area contributed by atoms with Crippen molar-refractivity contribution in [2.45, 2.75) is 24.9 Å². The molecule has 2 atom stereocenters. The molecule has 1 aromatic carbocycles. The number of anilines is 1. The highest BCUT2D eigenvalue weighted by atomic mass is 15.3. The van der Waals surface area contributed by atoms with Crippen molar-refractivity contribution in [3.8, 4) is 0 Å². The van der Waals surface area contributed by atoms with E-state index in [-0.39, 0.29) is 0 Å². The minimum atomic E-state index is 0.807. The van der Waals surface area contributed by atoms with E-state index in [2.05, 4.69) is 29.0 Å². The number of fused-ring (bicyclic) bond motifs is 2. The third-order valence-electron chi connectivity index (χ3n) is 4.39. The Labute approximate surface area is 103 Å². The number of piperazine rings is 1. The molecule has 3 aliphatic heterocycles. The predicted molar refractivity (Wildman–Crippen MR) is 71.0 cm³/mol. The maximum Gasteiger partial charge on any atom is 0.0347 e. The highest BCUT2D eigenvalue weighted by Gasteiger charge is 2.41. The molecule has 3 heterocycles. The lowest BCUT2D eigenvalue weighted by Crippen LogP contribution is -2.67. The fraction of sp³-hybridized carbons (Fsp3) is 0.571. The molecule has 3 fully saturated rings. The number of benzene rings is 1. The molecule has 0 radical (unpaired) electrons. The Balaban J connectivity index is 1.54. The summed E-state index contributed by atoms with van der Waals surface area (Å²) in [6.45, 7) is 3.62. The van der Waals surface area contributed by atoms with Gasteiger partial charge < -0.3 is 5.73 Å². The number of hydrogen-bond donors (Lipinski definition) is 1. The van der Waals surface area contributed by atoms with E-state index in [1.165, 1.54) is 25.1 Å². The van der Waals surface area contributed by atoms with Gasteiger partial charge in [0.25, 0.3) is 0 Å². The van der Waals surface area contributed by atoms with Crippen LogP contribution in [0.3, 0.4) is 0 Å². The summed E-state index contributed by atoms with van der Waals surface area (Å²) in [7, 11) is 2.26. The summed E-state index contributed by atoms with van der Waals surface area (Å²) in [5.41, 5.74) is 8.20. The fourth-order valence-electron chi connectivity index (χ4n) is 3.11. The average Bonchev–Trinajstić information content (AvgIpc) is 2.37. The molecule has 1 aromatic rings. The van der Waals surface area contributed by atoms with Crippen LogP contribution in [0.15, 0.2) is 24.3 Å². The molecule has 3 heteroatoms. The summed E-state index contributed by atoms with van der Waals surface area (Å²) >= 11 is 0. The molecule has 0 saturated carbocycles. The lowest BCUT2D eigenvalue weighted by atomic mass is 9.88. The standard InChI is InChI=1S/C14H21N3/c1-16-12-8-13(16)10-17(9-12)7-6-11-4-2-3-5-14(11)15/h2-5,12-13H,6-10,15H2,1H3. The molecular formula is C14H21N3. The summed E-state index contributed by atoms with van der Waals surface area (Å²) in [5.74, 6) is 0. The zero-order chi connectivity index (χ0) is 11.8. The van der Waals surface area contributed by atoms with E-state index in [4.69, 9.17) is 5.73 Å². The van der Waals surface area contributed by atoms with Gasteiger partial charge in [0, 0.05) is 37.4 Å². The van der Waals surface area contributed by atoms with Gasteiger partial charge in [-0.2, -0.15) is 0 Å². The van der Waals surface area contributed by atoms with Crippen molar-refractivity contribution in [3.05, 3.63) is 29.8 Å². The molecule has 4 rings (SSSR count).